The fourth-order valence-electron chi connectivity index (χ4n) is 5.80. The van der Waals surface area contributed by atoms with Crippen LogP contribution in [0, 0.1) is 50.2 Å². The molecule has 0 aromatic heterocycles. The highest BCUT2D eigenvalue weighted by molar-refractivity contribution is 5.91. The lowest BCUT2D eigenvalue weighted by atomic mass is 9.72. The number of oxime groups is 1. The third-order valence-electron chi connectivity index (χ3n) is 11.2. The van der Waals surface area contributed by atoms with Crippen LogP contribution in [-0.4, -0.2) is 36.9 Å². The van der Waals surface area contributed by atoms with Crippen LogP contribution < -0.4 is 0 Å². The van der Waals surface area contributed by atoms with E-state index >= 15 is 0 Å². The Bertz CT molecular complexity index is 1150. The average molecular weight is 729 g/mol. The minimum Gasteiger partial charge on any atom is -0.411 e. The lowest BCUT2D eigenvalue weighted by Gasteiger charge is -2.36. The first kappa shape index (κ1) is 52.4. The normalized spacial score (nSPS) is 21.6. The van der Waals surface area contributed by atoms with Crippen molar-refractivity contribution in [2.45, 2.75) is 190 Å². The quantitative estimate of drug-likeness (QED) is 0.136. The first-order valence-corrected chi connectivity index (χ1v) is 20.5. The van der Waals surface area contributed by atoms with Gasteiger partial charge in [-0.05, 0) is 83.4 Å². The smallest absolute Gasteiger partial charge is 0.0883 e. The molecule has 0 saturated carbocycles. The predicted octanol–water partition coefficient (Wildman–Crippen LogP) is 15.2. The highest BCUT2D eigenvalue weighted by Crippen LogP contribution is 2.38. The van der Waals surface area contributed by atoms with Crippen molar-refractivity contribution >= 4 is 11.4 Å². The van der Waals surface area contributed by atoms with E-state index in [1.54, 1.807) is 18.3 Å². The van der Waals surface area contributed by atoms with Gasteiger partial charge >= 0.3 is 0 Å². The van der Waals surface area contributed by atoms with Crippen LogP contribution in [0.5, 0.6) is 0 Å². The van der Waals surface area contributed by atoms with E-state index in [4.69, 9.17) is 9.94 Å². The minimum atomic E-state index is -0.106. The van der Waals surface area contributed by atoms with Crippen molar-refractivity contribution in [1.29, 1.82) is 0 Å². The topological polar surface area (TPSA) is 54.2 Å². The Hall–Kier alpha value is -1.68. The van der Waals surface area contributed by atoms with Crippen LogP contribution in [0.3, 0.4) is 0 Å². The van der Waals surface area contributed by atoms with E-state index in [9.17, 15) is 0 Å². The van der Waals surface area contributed by atoms with Crippen molar-refractivity contribution in [3.63, 3.8) is 0 Å². The van der Waals surface area contributed by atoms with E-state index < -0.39 is 0 Å². The molecule has 0 radical (unpaired) electrons. The van der Waals surface area contributed by atoms with E-state index in [2.05, 4.69) is 154 Å². The number of methoxy groups -OCH3 is 1. The summed E-state index contributed by atoms with van der Waals surface area (Å²) in [5.74, 6) is 2.66. The van der Waals surface area contributed by atoms with Crippen molar-refractivity contribution in [3.8, 4) is 0 Å². The molecule has 2 aliphatic carbocycles. The molecule has 3 atom stereocenters. The lowest BCUT2D eigenvalue weighted by Crippen LogP contribution is -2.32. The summed E-state index contributed by atoms with van der Waals surface area (Å²) in [5.41, 5.74) is 8.28. The molecular weight excluding hydrogens is 637 g/mol. The van der Waals surface area contributed by atoms with E-state index in [0.717, 1.165) is 30.7 Å². The van der Waals surface area contributed by atoms with Crippen LogP contribution in [0.1, 0.15) is 190 Å². The Kier molecular flexibility index (Phi) is 22.2. The first-order valence-electron chi connectivity index (χ1n) is 20.5. The summed E-state index contributed by atoms with van der Waals surface area (Å²) in [4.78, 5) is 4.59. The number of ether oxygens (including phenoxy) is 1. The number of allylic oxidation sites excluding steroid dienone is 4. The van der Waals surface area contributed by atoms with Gasteiger partial charge in [-0.3, -0.25) is 4.99 Å². The van der Waals surface area contributed by atoms with Crippen molar-refractivity contribution in [3.05, 3.63) is 35.5 Å². The number of hydrogen-bond donors (Lipinski definition) is 1. The molecule has 1 heterocycles. The molecular formula is C48H92N2O2. The van der Waals surface area contributed by atoms with Gasteiger partial charge in [0.05, 0.1) is 18.9 Å². The van der Waals surface area contributed by atoms with Gasteiger partial charge in [0.25, 0.3) is 0 Å². The molecule has 0 bridgehead atoms. The van der Waals surface area contributed by atoms with Gasteiger partial charge in [-0.25, -0.2) is 0 Å². The summed E-state index contributed by atoms with van der Waals surface area (Å²) in [6, 6.07) is 0. The van der Waals surface area contributed by atoms with Gasteiger partial charge < -0.3 is 9.94 Å². The zero-order chi connectivity index (χ0) is 41.5. The fraction of sp³-hybridized carbons (Fsp3) is 0.833. The van der Waals surface area contributed by atoms with Crippen LogP contribution in [0.15, 0.2) is 45.6 Å². The van der Waals surface area contributed by atoms with Gasteiger partial charge in [0, 0.05) is 18.2 Å². The Morgan fingerprint density at radius 2 is 1.35 bits per heavy atom. The maximum atomic E-state index is 8.50. The van der Waals surface area contributed by atoms with Crippen molar-refractivity contribution in [2.75, 3.05) is 20.3 Å². The molecule has 0 fully saturated rings. The molecule has 4 nitrogen and oxygen atoms in total. The van der Waals surface area contributed by atoms with Crippen LogP contribution in [0.2, 0.25) is 0 Å². The molecule has 4 heteroatoms. The third-order valence-corrected chi connectivity index (χ3v) is 11.2. The van der Waals surface area contributed by atoms with Crippen molar-refractivity contribution < 1.29 is 9.94 Å². The van der Waals surface area contributed by atoms with E-state index in [0.29, 0.717) is 28.6 Å². The molecule has 1 N–H and O–H groups in total. The van der Waals surface area contributed by atoms with Crippen LogP contribution in [0.25, 0.3) is 0 Å². The van der Waals surface area contributed by atoms with Gasteiger partial charge in [0.1, 0.15) is 0 Å². The summed E-state index contributed by atoms with van der Waals surface area (Å²) in [7, 11) is 1.58. The summed E-state index contributed by atoms with van der Waals surface area (Å²) in [6.45, 7) is 52.4. The molecule has 0 saturated heterocycles. The van der Waals surface area contributed by atoms with Gasteiger partial charge in [-0.2, -0.15) is 0 Å². The molecule has 3 aliphatic rings. The SMILES string of the molecule is C=C1CN=C(C(C)(C)C)CC1(C)C.CC1CC=C(C(C)(C)C)C1.CC1CC=C(C(C)(C)C)CC1.CCC(C)C(C)(C)C.COC/C(=N/O)C(C)(C)C. The highest BCUT2D eigenvalue weighted by Gasteiger charge is 2.32. The summed E-state index contributed by atoms with van der Waals surface area (Å²) in [5, 5.41) is 11.6. The number of hydrogen-bond acceptors (Lipinski definition) is 4. The van der Waals surface area contributed by atoms with Crippen molar-refractivity contribution in [1.82, 2.24) is 0 Å². The number of nitrogens with zero attached hydrogens (tertiary/aromatic N) is 2. The van der Waals surface area contributed by atoms with E-state index in [1.807, 2.05) is 20.8 Å². The van der Waals surface area contributed by atoms with Crippen LogP contribution in [0.4, 0.5) is 0 Å². The maximum absolute atomic E-state index is 8.50. The molecule has 3 unspecified atom stereocenters. The molecule has 52 heavy (non-hydrogen) atoms. The monoisotopic (exact) mass is 729 g/mol. The number of aliphatic imine (C=N–C) groups is 1. The Morgan fingerprint density at radius 3 is 1.58 bits per heavy atom. The third kappa shape index (κ3) is 21.9. The second-order valence-corrected chi connectivity index (χ2v) is 22.0. The largest absolute Gasteiger partial charge is 0.411 e. The average Bonchev–Trinajstić information content (AvgIpc) is 3.43. The Balaban J connectivity index is 0. The zero-order valence-corrected chi connectivity index (χ0v) is 39.2. The van der Waals surface area contributed by atoms with E-state index in [1.165, 1.54) is 49.8 Å². The predicted molar refractivity (Wildman–Crippen MR) is 235 cm³/mol. The minimum absolute atomic E-state index is 0.106. The lowest BCUT2D eigenvalue weighted by molar-refractivity contribution is 0.227. The second kappa shape index (κ2) is 22.0. The summed E-state index contributed by atoms with van der Waals surface area (Å²) >= 11 is 0. The first-order chi connectivity index (χ1) is 23.2. The van der Waals surface area contributed by atoms with Gasteiger partial charge in [0.2, 0.25) is 0 Å². The molecule has 306 valence electrons. The molecule has 0 amide bonds. The standard InChI is InChI=1S/C12H21N.C11H20.C10H18.C8H18.C7H15NO2/c1-9-8-13-10(11(2,3)4)7-12(9,5)6;1-9-5-7-10(8-6-9)11(2,3)4;1-8-5-6-9(7-8)10(2,3)4;1-6-7(2)8(3,4)5;1-7(2,3)6(8-9)5-10-4/h1,7-8H2,2-6H3;7,9H,5-6,8H2,1-4H3;6,8H,5,7H2,1-4H3;7H,6H2,1-5H3;9H,5H2,1-4H3/b;;;;8-6-. The highest BCUT2D eigenvalue weighted by atomic mass is 16.5. The maximum Gasteiger partial charge on any atom is 0.0883 e. The van der Waals surface area contributed by atoms with Crippen molar-refractivity contribution in [2.24, 2.45) is 60.4 Å². The van der Waals surface area contributed by atoms with Crippen LogP contribution in [-0.2, 0) is 4.74 Å². The fourth-order valence-corrected chi connectivity index (χ4v) is 5.80. The molecule has 1 aliphatic heterocycles. The zero-order valence-electron chi connectivity index (χ0n) is 39.2. The molecule has 0 aromatic carbocycles. The Labute approximate surface area is 326 Å². The Morgan fingerprint density at radius 1 is 0.865 bits per heavy atom. The number of rotatable bonds is 3. The van der Waals surface area contributed by atoms with Gasteiger partial charge in [0.15, 0.2) is 0 Å². The summed E-state index contributed by atoms with van der Waals surface area (Å²) in [6.07, 6.45) is 13.9. The molecule has 0 spiro atoms. The summed E-state index contributed by atoms with van der Waals surface area (Å²) < 4.78 is 4.83. The van der Waals surface area contributed by atoms with Gasteiger partial charge in [-0.1, -0.05) is 192 Å². The van der Waals surface area contributed by atoms with E-state index in [-0.39, 0.29) is 16.2 Å². The second-order valence-electron chi connectivity index (χ2n) is 22.0. The van der Waals surface area contributed by atoms with Gasteiger partial charge in [-0.15, -0.1) is 0 Å². The van der Waals surface area contributed by atoms with Crippen LogP contribution >= 0.6 is 0 Å². The molecule has 3 rings (SSSR count). The molecule has 0 aromatic rings.